The third-order valence-electron chi connectivity index (χ3n) is 3.95. The number of nitrogens with zero attached hydrogens (tertiary/aromatic N) is 3. The van der Waals surface area contributed by atoms with E-state index in [1.807, 2.05) is 60.1 Å². The fourth-order valence-electron chi connectivity index (χ4n) is 2.86. The molecule has 23 heavy (non-hydrogen) atoms. The summed E-state index contributed by atoms with van der Waals surface area (Å²) in [5.41, 5.74) is 4.46. The smallest absolute Gasteiger partial charge is 0.138 e. The van der Waals surface area contributed by atoms with Crippen LogP contribution in [0.4, 0.5) is 0 Å². The lowest BCUT2D eigenvalue weighted by Gasteiger charge is -2.11. The topological polar surface area (TPSA) is 39.4 Å². The Morgan fingerprint density at radius 2 is 1.96 bits per heavy atom. The summed E-state index contributed by atoms with van der Waals surface area (Å²) in [7, 11) is 1.69. The van der Waals surface area contributed by atoms with E-state index in [9.17, 15) is 0 Å². The van der Waals surface area contributed by atoms with Crippen LogP contribution in [-0.4, -0.2) is 21.5 Å². The summed E-state index contributed by atoms with van der Waals surface area (Å²) >= 11 is 3.48. The van der Waals surface area contributed by atoms with Crippen LogP contribution in [0.2, 0.25) is 0 Å². The Balaban J connectivity index is 2.01. The number of rotatable bonds is 2. The lowest BCUT2D eigenvalue weighted by atomic mass is 10.1. The number of aromatic nitrogens is 3. The molecule has 1 aromatic carbocycles. The van der Waals surface area contributed by atoms with Gasteiger partial charge in [-0.3, -0.25) is 0 Å². The van der Waals surface area contributed by atoms with E-state index in [-0.39, 0.29) is 0 Å². The first-order valence-corrected chi connectivity index (χ1v) is 8.04. The van der Waals surface area contributed by atoms with E-state index in [0.29, 0.717) is 0 Å². The molecule has 3 aromatic heterocycles. The number of methoxy groups -OCH3 is 1. The third kappa shape index (κ3) is 2.28. The Labute approximate surface area is 141 Å². The van der Waals surface area contributed by atoms with Crippen LogP contribution in [0.15, 0.2) is 53.3 Å². The molecule has 0 amide bonds. The lowest BCUT2D eigenvalue weighted by molar-refractivity contribution is 0.416. The molecule has 0 aliphatic heterocycles. The van der Waals surface area contributed by atoms with E-state index in [1.54, 1.807) is 7.11 Å². The summed E-state index contributed by atoms with van der Waals surface area (Å²) in [6.07, 6.45) is 3.97. The van der Waals surface area contributed by atoms with Crippen LogP contribution in [0.3, 0.4) is 0 Å². The molecule has 0 atom stereocenters. The molecule has 0 saturated carbocycles. The van der Waals surface area contributed by atoms with Crippen molar-refractivity contribution in [2.45, 2.75) is 6.92 Å². The second-order valence-electron chi connectivity index (χ2n) is 5.37. The quantitative estimate of drug-likeness (QED) is 0.518. The molecule has 0 fully saturated rings. The highest BCUT2D eigenvalue weighted by molar-refractivity contribution is 9.10. The zero-order valence-electron chi connectivity index (χ0n) is 12.7. The van der Waals surface area contributed by atoms with Crippen molar-refractivity contribution < 1.29 is 4.74 Å². The zero-order valence-corrected chi connectivity index (χ0v) is 14.3. The van der Waals surface area contributed by atoms with Crippen LogP contribution < -0.4 is 4.74 Å². The van der Waals surface area contributed by atoms with Gasteiger partial charge in [0.2, 0.25) is 0 Å². The summed E-state index contributed by atoms with van der Waals surface area (Å²) in [4.78, 5) is 9.51. The molecule has 0 radical (unpaired) electrons. The second-order valence-corrected chi connectivity index (χ2v) is 6.29. The molecule has 0 spiro atoms. The Morgan fingerprint density at radius 1 is 1.13 bits per heavy atom. The molecule has 114 valence electrons. The molecule has 0 bridgehead atoms. The number of hydrogen-bond acceptors (Lipinski definition) is 3. The molecular weight excluding hydrogens is 354 g/mol. The monoisotopic (exact) mass is 367 g/mol. The molecule has 0 aliphatic rings. The van der Waals surface area contributed by atoms with Gasteiger partial charge in [-0.15, -0.1) is 0 Å². The van der Waals surface area contributed by atoms with Crippen LogP contribution >= 0.6 is 15.9 Å². The molecule has 4 aromatic rings. The summed E-state index contributed by atoms with van der Waals surface area (Å²) in [6.45, 7) is 2.02. The normalized spacial score (nSPS) is 11.3. The van der Waals surface area contributed by atoms with Gasteiger partial charge in [-0.25, -0.2) is 9.97 Å². The van der Waals surface area contributed by atoms with Crippen molar-refractivity contribution >= 4 is 32.5 Å². The highest BCUT2D eigenvalue weighted by Crippen LogP contribution is 2.34. The zero-order chi connectivity index (χ0) is 16.0. The molecule has 0 aliphatic carbocycles. The van der Waals surface area contributed by atoms with Crippen molar-refractivity contribution in [1.82, 2.24) is 14.4 Å². The molecule has 0 saturated heterocycles. The van der Waals surface area contributed by atoms with Crippen molar-refractivity contribution in [1.29, 1.82) is 0 Å². The second kappa shape index (κ2) is 5.35. The minimum atomic E-state index is 0.838. The van der Waals surface area contributed by atoms with Gasteiger partial charge < -0.3 is 9.14 Å². The summed E-state index contributed by atoms with van der Waals surface area (Å²) in [5.74, 6) is 0.851. The summed E-state index contributed by atoms with van der Waals surface area (Å²) in [5, 5.41) is 1.02. The summed E-state index contributed by atoms with van der Waals surface area (Å²) in [6, 6.07) is 12.0. The number of ether oxygens (including phenoxy) is 1. The maximum atomic E-state index is 5.63. The average Bonchev–Trinajstić information content (AvgIpc) is 2.97. The van der Waals surface area contributed by atoms with Gasteiger partial charge in [-0.05, 0) is 31.2 Å². The number of halogens is 1. The van der Waals surface area contributed by atoms with Gasteiger partial charge in [0.25, 0.3) is 0 Å². The van der Waals surface area contributed by atoms with Crippen molar-refractivity contribution in [3.63, 3.8) is 0 Å². The largest absolute Gasteiger partial charge is 0.496 e. The standard InChI is InChI=1S/C18H14BrN3O/c1-11-17(15-10-22-8-7-12(19)9-16(22)20-15)21-14-6-4-3-5-13(14)18(11)23-2/h3-10H,1-2H3. The fourth-order valence-corrected chi connectivity index (χ4v) is 3.18. The highest BCUT2D eigenvalue weighted by atomic mass is 79.9. The van der Waals surface area contributed by atoms with Gasteiger partial charge in [0.05, 0.1) is 18.3 Å². The maximum absolute atomic E-state index is 5.63. The van der Waals surface area contributed by atoms with Crippen LogP contribution in [-0.2, 0) is 0 Å². The SMILES string of the molecule is COc1c(C)c(-c2cn3ccc(Br)cc3n2)nc2ccccc12. The van der Waals surface area contributed by atoms with E-state index in [2.05, 4.69) is 15.9 Å². The van der Waals surface area contributed by atoms with Gasteiger partial charge in [-0.2, -0.15) is 0 Å². The van der Waals surface area contributed by atoms with Crippen LogP contribution in [0.1, 0.15) is 5.56 Å². The van der Waals surface area contributed by atoms with Crippen LogP contribution in [0.5, 0.6) is 5.75 Å². The summed E-state index contributed by atoms with van der Waals surface area (Å²) < 4.78 is 8.62. The number of hydrogen-bond donors (Lipinski definition) is 0. The number of para-hydroxylation sites is 1. The van der Waals surface area contributed by atoms with E-state index < -0.39 is 0 Å². The Bertz CT molecular complexity index is 1040. The molecular formula is C18H14BrN3O. The van der Waals surface area contributed by atoms with Gasteiger partial charge in [0.1, 0.15) is 17.1 Å². The molecule has 0 unspecified atom stereocenters. The van der Waals surface area contributed by atoms with Crippen molar-refractivity contribution in [2.24, 2.45) is 0 Å². The minimum Gasteiger partial charge on any atom is -0.496 e. The van der Waals surface area contributed by atoms with E-state index in [1.165, 1.54) is 0 Å². The number of imidazole rings is 1. The van der Waals surface area contributed by atoms with Crippen molar-refractivity contribution in [2.75, 3.05) is 7.11 Å². The van der Waals surface area contributed by atoms with E-state index >= 15 is 0 Å². The van der Waals surface area contributed by atoms with Crippen LogP contribution in [0.25, 0.3) is 27.9 Å². The van der Waals surface area contributed by atoms with E-state index in [4.69, 9.17) is 14.7 Å². The predicted octanol–water partition coefficient (Wildman–Crippen LogP) is 4.63. The van der Waals surface area contributed by atoms with Gasteiger partial charge in [0, 0.05) is 27.8 Å². The Morgan fingerprint density at radius 3 is 2.78 bits per heavy atom. The number of benzene rings is 1. The fraction of sp³-hybridized carbons (Fsp3) is 0.111. The van der Waals surface area contributed by atoms with Gasteiger partial charge >= 0.3 is 0 Å². The first kappa shape index (κ1) is 14.2. The molecule has 3 heterocycles. The number of pyridine rings is 2. The third-order valence-corrected chi connectivity index (χ3v) is 4.44. The average molecular weight is 368 g/mol. The van der Waals surface area contributed by atoms with Gasteiger partial charge in [0.15, 0.2) is 0 Å². The highest BCUT2D eigenvalue weighted by Gasteiger charge is 2.16. The molecule has 0 N–H and O–H groups in total. The van der Waals surface area contributed by atoms with Crippen LogP contribution in [0, 0.1) is 6.92 Å². The molecule has 4 nitrogen and oxygen atoms in total. The van der Waals surface area contributed by atoms with Crippen molar-refractivity contribution in [3.05, 3.63) is 58.8 Å². The Kier molecular flexibility index (Phi) is 3.31. The first-order chi connectivity index (χ1) is 11.2. The number of fused-ring (bicyclic) bond motifs is 2. The maximum Gasteiger partial charge on any atom is 0.138 e. The van der Waals surface area contributed by atoms with E-state index in [0.717, 1.165) is 43.7 Å². The minimum absolute atomic E-state index is 0.838. The predicted molar refractivity (Wildman–Crippen MR) is 94.9 cm³/mol. The Hall–Kier alpha value is -2.40. The first-order valence-electron chi connectivity index (χ1n) is 7.25. The van der Waals surface area contributed by atoms with Crippen molar-refractivity contribution in [3.8, 4) is 17.1 Å². The lowest BCUT2D eigenvalue weighted by Crippen LogP contribution is -1.96. The van der Waals surface area contributed by atoms with Gasteiger partial charge in [-0.1, -0.05) is 28.1 Å². The molecule has 4 rings (SSSR count). The molecule has 5 heteroatoms.